The Kier molecular flexibility index (Phi) is 2.44. The predicted octanol–water partition coefficient (Wildman–Crippen LogP) is 1.54. The van der Waals surface area contributed by atoms with E-state index in [-0.39, 0.29) is 10.6 Å². The molecule has 0 aliphatic heterocycles. The molecule has 0 atom stereocenters. The second kappa shape index (κ2) is 3.64. The summed E-state index contributed by atoms with van der Waals surface area (Å²) in [6, 6.07) is 6.03. The van der Waals surface area contributed by atoms with Gasteiger partial charge in [-0.25, -0.2) is 0 Å². The van der Waals surface area contributed by atoms with Crippen LogP contribution in [0.2, 0.25) is 5.02 Å². The SMILES string of the molecule is Cn1c(C=O)c(Cl)c2c(C(N)=O)[c]ccc21. The summed E-state index contributed by atoms with van der Waals surface area (Å²) >= 11 is 6.03. The zero-order chi connectivity index (χ0) is 11.9. The average Bonchev–Trinajstić information content (AvgIpc) is 2.51. The van der Waals surface area contributed by atoms with Crippen LogP contribution in [0.3, 0.4) is 0 Å². The van der Waals surface area contributed by atoms with E-state index in [2.05, 4.69) is 6.07 Å². The third-order valence-corrected chi connectivity index (χ3v) is 2.88. The number of nitrogens with zero attached hydrogens (tertiary/aromatic N) is 1. The highest BCUT2D eigenvalue weighted by molar-refractivity contribution is 6.39. The van der Waals surface area contributed by atoms with Crippen molar-refractivity contribution < 1.29 is 9.59 Å². The second-order valence-electron chi connectivity index (χ2n) is 3.35. The lowest BCUT2D eigenvalue weighted by Crippen LogP contribution is -2.11. The molecule has 4 nitrogen and oxygen atoms in total. The van der Waals surface area contributed by atoms with Crippen LogP contribution in [0.1, 0.15) is 20.8 Å². The highest BCUT2D eigenvalue weighted by atomic mass is 35.5. The molecule has 2 aromatic rings. The van der Waals surface area contributed by atoms with Gasteiger partial charge in [0.05, 0.1) is 16.1 Å². The zero-order valence-corrected chi connectivity index (χ0v) is 9.21. The van der Waals surface area contributed by atoms with E-state index in [1.807, 2.05) is 0 Å². The summed E-state index contributed by atoms with van der Waals surface area (Å²) in [5, 5.41) is 0.708. The minimum absolute atomic E-state index is 0.200. The van der Waals surface area contributed by atoms with E-state index < -0.39 is 5.91 Å². The molecule has 0 aliphatic carbocycles. The van der Waals surface area contributed by atoms with Gasteiger partial charge < -0.3 is 10.3 Å². The van der Waals surface area contributed by atoms with Gasteiger partial charge in [0.1, 0.15) is 5.69 Å². The summed E-state index contributed by atoms with van der Waals surface area (Å²) in [5.41, 5.74) is 6.42. The molecule has 5 heteroatoms. The van der Waals surface area contributed by atoms with Crippen molar-refractivity contribution in [3.05, 3.63) is 34.5 Å². The van der Waals surface area contributed by atoms with Crippen molar-refractivity contribution in [2.45, 2.75) is 0 Å². The van der Waals surface area contributed by atoms with Gasteiger partial charge in [0.15, 0.2) is 6.29 Å². The quantitative estimate of drug-likeness (QED) is 0.803. The van der Waals surface area contributed by atoms with E-state index in [1.165, 1.54) is 0 Å². The number of fused-ring (bicyclic) bond motifs is 1. The van der Waals surface area contributed by atoms with Crippen LogP contribution in [0.25, 0.3) is 10.9 Å². The number of halogens is 1. The van der Waals surface area contributed by atoms with Crippen LogP contribution in [0, 0.1) is 6.07 Å². The van der Waals surface area contributed by atoms with Gasteiger partial charge in [0.25, 0.3) is 0 Å². The Morgan fingerprint density at radius 1 is 1.62 bits per heavy atom. The molecule has 2 rings (SSSR count). The van der Waals surface area contributed by atoms with Crippen LogP contribution >= 0.6 is 11.6 Å². The van der Waals surface area contributed by atoms with Gasteiger partial charge in [-0.1, -0.05) is 17.7 Å². The number of carbonyl (C=O) groups is 2. The van der Waals surface area contributed by atoms with Crippen molar-refractivity contribution in [3.8, 4) is 0 Å². The van der Waals surface area contributed by atoms with Crippen LogP contribution in [0.5, 0.6) is 0 Å². The lowest BCUT2D eigenvalue weighted by molar-refractivity contribution is 0.100. The molecule has 0 unspecified atom stereocenters. The standard InChI is InChI=1S/C11H8ClN2O2/c1-14-7-4-2-3-6(11(13)16)9(7)10(12)8(14)5-15/h2,4-5H,1H3,(H2,13,16). The van der Waals surface area contributed by atoms with Crippen LogP contribution < -0.4 is 5.73 Å². The molecule has 1 aromatic carbocycles. The van der Waals surface area contributed by atoms with Crippen molar-refractivity contribution in [2.75, 3.05) is 0 Å². The monoisotopic (exact) mass is 235 g/mol. The Hall–Kier alpha value is -1.81. The number of hydrogen-bond acceptors (Lipinski definition) is 2. The highest BCUT2D eigenvalue weighted by Crippen LogP contribution is 2.31. The fourth-order valence-corrected chi connectivity index (χ4v) is 2.08. The predicted molar refractivity (Wildman–Crippen MR) is 60.7 cm³/mol. The Morgan fingerprint density at radius 3 is 2.88 bits per heavy atom. The first-order chi connectivity index (χ1) is 7.57. The summed E-state index contributed by atoms with van der Waals surface area (Å²) in [5.74, 6) is -0.615. The second-order valence-corrected chi connectivity index (χ2v) is 3.73. The molecule has 0 fully saturated rings. The first kappa shape index (κ1) is 10.7. The fourth-order valence-electron chi connectivity index (χ4n) is 1.72. The van der Waals surface area contributed by atoms with Crippen LogP contribution in [0.15, 0.2) is 12.1 Å². The Morgan fingerprint density at radius 2 is 2.31 bits per heavy atom. The van der Waals surface area contributed by atoms with Gasteiger partial charge in [-0.05, 0) is 12.1 Å². The number of benzene rings is 1. The number of aryl methyl sites for hydroxylation is 1. The summed E-state index contributed by atoms with van der Waals surface area (Å²) < 4.78 is 1.62. The summed E-state index contributed by atoms with van der Waals surface area (Å²) in [7, 11) is 1.70. The maximum Gasteiger partial charge on any atom is 0.250 e. The summed E-state index contributed by atoms with van der Waals surface area (Å²) in [6.07, 6.45) is 0.646. The molecule has 0 bridgehead atoms. The normalized spacial score (nSPS) is 10.6. The first-order valence-electron chi connectivity index (χ1n) is 4.51. The number of amides is 1. The maximum atomic E-state index is 11.2. The van der Waals surface area contributed by atoms with Gasteiger partial charge >= 0.3 is 0 Å². The molecule has 0 saturated heterocycles. The topological polar surface area (TPSA) is 65.1 Å². The number of primary amides is 1. The molecular weight excluding hydrogens is 228 g/mol. The maximum absolute atomic E-state index is 11.2. The van der Waals surface area contributed by atoms with E-state index in [0.29, 0.717) is 22.9 Å². The number of nitrogens with two attached hydrogens (primary N) is 1. The van der Waals surface area contributed by atoms with E-state index >= 15 is 0 Å². The fraction of sp³-hybridized carbons (Fsp3) is 0.0909. The molecule has 0 saturated carbocycles. The molecule has 0 spiro atoms. The Balaban J connectivity index is 2.99. The number of hydrogen-bond donors (Lipinski definition) is 1. The molecule has 16 heavy (non-hydrogen) atoms. The Labute approximate surface area is 96.6 Å². The summed E-state index contributed by atoms with van der Waals surface area (Å²) in [6.45, 7) is 0. The van der Waals surface area contributed by atoms with Crippen molar-refractivity contribution in [3.63, 3.8) is 0 Å². The molecule has 1 radical (unpaired) electrons. The summed E-state index contributed by atoms with van der Waals surface area (Å²) in [4.78, 5) is 22.1. The lowest BCUT2D eigenvalue weighted by Gasteiger charge is -1.99. The van der Waals surface area contributed by atoms with Crippen molar-refractivity contribution in [1.29, 1.82) is 0 Å². The molecular formula is C11H8ClN2O2. The number of rotatable bonds is 2. The van der Waals surface area contributed by atoms with Gasteiger partial charge in [0, 0.05) is 12.4 Å². The van der Waals surface area contributed by atoms with E-state index in [4.69, 9.17) is 17.3 Å². The van der Waals surface area contributed by atoms with E-state index in [9.17, 15) is 9.59 Å². The Bertz CT molecular complexity index is 602. The molecule has 81 valence electrons. The van der Waals surface area contributed by atoms with Gasteiger partial charge in [-0.15, -0.1) is 0 Å². The van der Waals surface area contributed by atoms with Crippen LogP contribution in [-0.2, 0) is 7.05 Å². The van der Waals surface area contributed by atoms with E-state index in [1.54, 1.807) is 23.7 Å². The third-order valence-electron chi connectivity index (χ3n) is 2.50. The van der Waals surface area contributed by atoms with Crippen molar-refractivity contribution in [2.24, 2.45) is 12.8 Å². The van der Waals surface area contributed by atoms with Crippen molar-refractivity contribution in [1.82, 2.24) is 4.57 Å². The minimum Gasteiger partial charge on any atom is -0.366 e. The van der Waals surface area contributed by atoms with E-state index in [0.717, 1.165) is 0 Å². The number of aldehydes is 1. The molecule has 1 heterocycles. The lowest BCUT2D eigenvalue weighted by atomic mass is 10.1. The first-order valence-corrected chi connectivity index (χ1v) is 4.89. The zero-order valence-electron chi connectivity index (χ0n) is 8.45. The van der Waals surface area contributed by atoms with Crippen molar-refractivity contribution >= 4 is 34.7 Å². The molecule has 2 N–H and O–H groups in total. The number of aromatic nitrogens is 1. The molecule has 1 amide bonds. The number of carbonyl (C=O) groups excluding carboxylic acids is 2. The molecule has 1 aromatic heterocycles. The average molecular weight is 236 g/mol. The minimum atomic E-state index is -0.615. The van der Waals surface area contributed by atoms with Gasteiger partial charge in [-0.3, -0.25) is 9.59 Å². The van der Waals surface area contributed by atoms with Gasteiger partial charge in [-0.2, -0.15) is 0 Å². The van der Waals surface area contributed by atoms with Gasteiger partial charge in [0.2, 0.25) is 5.91 Å². The van der Waals surface area contributed by atoms with Crippen LogP contribution in [-0.4, -0.2) is 16.8 Å². The third kappa shape index (κ3) is 1.31. The largest absolute Gasteiger partial charge is 0.366 e. The molecule has 0 aliphatic rings. The smallest absolute Gasteiger partial charge is 0.250 e. The highest BCUT2D eigenvalue weighted by Gasteiger charge is 2.17. The van der Waals surface area contributed by atoms with Crippen LogP contribution in [0.4, 0.5) is 0 Å².